The van der Waals surface area contributed by atoms with Crippen molar-refractivity contribution < 1.29 is 8.78 Å². The number of benzene rings is 1. The van der Waals surface area contributed by atoms with Gasteiger partial charge in [0, 0.05) is 11.1 Å². The summed E-state index contributed by atoms with van der Waals surface area (Å²) in [4.78, 5) is 4.40. The fraction of sp³-hybridized carbons (Fsp3) is 0.308. The van der Waals surface area contributed by atoms with Gasteiger partial charge in [-0.2, -0.15) is 0 Å². The van der Waals surface area contributed by atoms with Crippen molar-refractivity contribution in [1.29, 1.82) is 0 Å². The molecule has 1 heterocycles. The standard InChI is InChI=1S/C13H14F2N2S/c1-3-16-12(13-17-8(2)7-18-13)9-4-5-10(14)11(15)6-9/h4-7,12,16H,3H2,1-2H3. The lowest BCUT2D eigenvalue weighted by atomic mass is 10.1. The highest BCUT2D eigenvalue weighted by molar-refractivity contribution is 7.09. The van der Waals surface area contributed by atoms with Crippen molar-refractivity contribution in [2.45, 2.75) is 19.9 Å². The van der Waals surface area contributed by atoms with Crippen LogP contribution in [0, 0.1) is 18.6 Å². The third kappa shape index (κ3) is 2.73. The van der Waals surface area contributed by atoms with E-state index < -0.39 is 11.6 Å². The predicted molar refractivity (Wildman–Crippen MR) is 68.7 cm³/mol. The van der Waals surface area contributed by atoms with E-state index >= 15 is 0 Å². The van der Waals surface area contributed by atoms with Gasteiger partial charge in [-0.3, -0.25) is 0 Å². The highest BCUT2D eigenvalue weighted by Crippen LogP contribution is 2.26. The zero-order valence-electron chi connectivity index (χ0n) is 10.2. The van der Waals surface area contributed by atoms with Crippen molar-refractivity contribution >= 4 is 11.3 Å². The molecule has 0 aliphatic carbocycles. The van der Waals surface area contributed by atoms with Crippen molar-refractivity contribution in [2.75, 3.05) is 6.54 Å². The van der Waals surface area contributed by atoms with Crippen molar-refractivity contribution in [3.05, 3.63) is 51.5 Å². The maximum atomic E-state index is 13.3. The topological polar surface area (TPSA) is 24.9 Å². The van der Waals surface area contributed by atoms with Crippen LogP contribution in [0.3, 0.4) is 0 Å². The number of nitrogens with one attached hydrogen (secondary N) is 1. The quantitative estimate of drug-likeness (QED) is 0.919. The first-order valence-corrected chi connectivity index (χ1v) is 6.60. The third-order valence-electron chi connectivity index (χ3n) is 2.57. The van der Waals surface area contributed by atoms with Crippen LogP contribution in [0.1, 0.15) is 29.2 Å². The lowest BCUT2D eigenvalue weighted by Crippen LogP contribution is -2.22. The van der Waals surface area contributed by atoms with Crippen LogP contribution < -0.4 is 5.32 Å². The number of aromatic nitrogens is 1. The zero-order valence-corrected chi connectivity index (χ0v) is 11.0. The van der Waals surface area contributed by atoms with Crippen LogP contribution in [0.2, 0.25) is 0 Å². The number of rotatable bonds is 4. The van der Waals surface area contributed by atoms with E-state index in [4.69, 9.17) is 0 Å². The van der Waals surface area contributed by atoms with Crippen LogP contribution in [0.4, 0.5) is 8.78 Å². The minimum Gasteiger partial charge on any atom is -0.305 e. The monoisotopic (exact) mass is 268 g/mol. The normalized spacial score (nSPS) is 12.7. The van der Waals surface area contributed by atoms with Crippen molar-refractivity contribution in [3.63, 3.8) is 0 Å². The van der Waals surface area contributed by atoms with Gasteiger partial charge in [0.25, 0.3) is 0 Å². The Morgan fingerprint density at radius 2 is 2.11 bits per heavy atom. The van der Waals surface area contributed by atoms with E-state index in [2.05, 4.69) is 10.3 Å². The van der Waals surface area contributed by atoms with E-state index in [0.717, 1.165) is 23.3 Å². The van der Waals surface area contributed by atoms with Crippen LogP contribution in [0.5, 0.6) is 0 Å². The van der Waals surface area contributed by atoms with E-state index in [1.165, 1.54) is 17.4 Å². The average Bonchev–Trinajstić information content (AvgIpc) is 2.76. The smallest absolute Gasteiger partial charge is 0.159 e. The van der Waals surface area contributed by atoms with E-state index in [1.54, 1.807) is 6.07 Å². The molecular formula is C13H14F2N2S. The van der Waals surface area contributed by atoms with E-state index in [0.29, 0.717) is 5.56 Å². The second kappa shape index (κ2) is 5.54. The molecule has 0 aliphatic rings. The molecule has 1 N–H and O–H groups in total. The largest absolute Gasteiger partial charge is 0.305 e. The summed E-state index contributed by atoms with van der Waals surface area (Å²) in [6, 6.07) is 3.76. The molecule has 18 heavy (non-hydrogen) atoms. The maximum absolute atomic E-state index is 13.3. The number of nitrogens with zero attached hydrogens (tertiary/aromatic N) is 1. The Morgan fingerprint density at radius 1 is 1.33 bits per heavy atom. The molecule has 0 saturated carbocycles. The Labute approximate surface area is 109 Å². The first-order valence-electron chi connectivity index (χ1n) is 5.72. The molecule has 1 unspecified atom stereocenters. The zero-order chi connectivity index (χ0) is 13.1. The minimum absolute atomic E-state index is 0.191. The van der Waals surface area contributed by atoms with Crippen LogP contribution in [-0.2, 0) is 0 Å². The van der Waals surface area contributed by atoms with Crippen molar-refractivity contribution in [3.8, 4) is 0 Å². The summed E-state index contributed by atoms with van der Waals surface area (Å²) in [5.41, 5.74) is 1.62. The highest BCUT2D eigenvalue weighted by atomic mass is 32.1. The summed E-state index contributed by atoms with van der Waals surface area (Å²) >= 11 is 1.51. The van der Waals surface area contributed by atoms with Gasteiger partial charge in [-0.25, -0.2) is 13.8 Å². The molecule has 0 saturated heterocycles. The van der Waals surface area contributed by atoms with Crippen molar-refractivity contribution in [1.82, 2.24) is 10.3 Å². The van der Waals surface area contributed by atoms with E-state index in [-0.39, 0.29) is 6.04 Å². The molecule has 1 aromatic carbocycles. The van der Waals surface area contributed by atoms with Gasteiger partial charge >= 0.3 is 0 Å². The molecule has 0 fully saturated rings. The summed E-state index contributed by atoms with van der Waals surface area (Å²) in [6.45, 7) is 4.60. The molecule has 0 radical (unpaired) electrons. The molecule has 96 valence electrons. The molecule has 0 spiro atoms. The maximum Gasteiger partial charge on any atom is 0.159 e. The summed E-state index contributed by atoms with van der Waals surface area (Å²) in [5.74, 6) is -1.66. The van der Waals surface area contributed by atoms with Gasteiger partial charge < -0.3 is 5.32 Å². The minimum atomic E-state index is -0.830. The molecule has 1 atom stereocenters. The summed E-state index contributed by atoms with van der Waals surface area (Å²) < 4.78 is 26.2. The molecule has 0 aliphatic heterocycles. The van der Waals surface area contributed by atoms with Gasteiger partial charge in [0.1, 0.15) is 5.01 Å². The van der Waals surface area contributed by atoms with E-state index in [9.17, 15) is 8.78 Å². The van der Waals surface area contributed by atoms with Gasteiger partial charge in [0.15, 0.2) is 11.6 Å². The molecule has 2 aromatic rings. The Kier molecular flexibility index (Phi) is 4.04. The Hall–Kier alpha value is -1.33. The van der Waals surface area contributed by atoms with Crippen molar-refractivity contribution in [2.24, 2.45) is 0 Å². The van der Waals surface area contributed by atoms with Gasteiger partial charge in [0.05, 0.1) is 6.04 Å². The van der Waals surface area contributed by atoms with Gasteiger partial charge in [-0.1, -0.05) is 13.0 Å². The Balaban J connectivity index is 2.37. The fourth-order valence-corrected chi connectivity index (χ4v) is 2.64. The number of aryl methyl sites for hydroxylation is 1. The lowest BCUT2D eigenvalue weighted by molar-refractivity contribution is 0.503. The summed E-state index contributed by atoms with van der Waals surface area (Å²) in [5, 5.41) is 6.04. The Morgan fingerprint density at radius 3 is 2.67 bits per heavy atom. The van der Waals surface area contributed by atoms with Crippen LogP contribution in [0.25, 0.3) is 0 Å². The third-order valence-corrected chi connectivity index (χ3v) is 3.60. The van der Waals surface area contributed by atoms with E-state index in [1.807, 2.05) is 19.2 Å². The Bertz CT molecular complexity index is 540. The first kappa shape index (κ1) is 13.1. The van der Waals surface area contributed by atoms with Crippen LogP contribution >= 0.6 is 11.3 Å². The molecule has 2 nitrogen and oxygen atoms in total. The number of halogens is 2. The SMILES string of the molecule is CCNC(c1ccc(F)c(F)c1)c1nc(C)cs1. The number of hydrogen-bond donors (Lipinski definition) is 1. The first-order chi connectivity index (χ1) is 8.61. The number of hydrogen-bond acceptors (Lipinski definition) is 3. The predicted octanol–water partition coefficient (Wildman–Crippen LogP) is 3.43. The molecule has 2 rings (SSSR count). The summed E-state index contributed by atoms with van der Waals surface area (Å²) in [6.07, 6.45) is 0. The average molecular weight is 268 g/mol. The highest BCUT2D eigenvalue weighted by Gasteiger charge is 2.17. The van der Waals surface area contributed by atoms with Gasteiger partial charge in [0.2, 0.25) is 0 Å². The van der Waals surface area contributed by atoms with Crippen LogP contribution in [0.15, 0.2) is 23.6 Å². The molecule has 0 bridgehead atoms. The lowest BCUT2D eigenvalue weighted by Gasteiger charge is -2.16. The van der Waals surface area contributed by atoms with Gasteiger partial charge in [-0.05, 0) is 31.2 Å². The molecule has 0 amide bonds. The van der Waals surface area contributed by atoms with Crippen LogP contribution in [-0.4, -0.2) is 11.5 Å². The second-order valence-electron chi connectivity index (χ2n) is 3.99. The number of thiazole rings is 1. The fourth-order valence-electron chi connectivity index (χ4n) is 1.75. The molecule has 5 heteroatoms. The second-order valence-corrected chi connectivity index (χ2v) is 4.88. The molecule has 1 aromatic heterocycles. The summed E-state index contributed by atoms with van der Waals surface area (Å²) in [7, 11) is 0. The molecular weight excluding hydrogens is 254 g/mol. The van der Waals surface area contributed by atoms with Gasteiger partial charge in [-0.15, -0.1) is 11.3 Å².